The van der Waals surface area contributed by atoms with Crippen LogP contribution in [0.5, 0.6) is 0 Å². The lowest BCUT2D eigenvalue weighted by molar-refractivity contribution is -0.163. The van der Waals surface area contributed by atoms with Gasteiger partial charge in [0.05, 0.1) is 11.1 Å². The molecule has 8 heteroatoms. The number of carbonyl (C=O) groups excluding carboxylic acids is 1. The molecule has 0 bridgehead atoms. The summed E-state index contributed by atoms with van der Waals surface area (Å²) in [6, 6.07) is 5.35. The van der Waals surface area contributed by atoms with Crippen LogP contribution in [0.3, 0.4) is 0 Å². The predicted octanol–water partition coefficient (Wildman–Crippen LogP) is 1.75. The van der Waals surface area contributed by atoms with Gasteiger partial charge in [-0.25, -0.2) is 5.01 Å². The number of rotatable bonds is 3. The van der Waals surface area contributed by atoms with Gasteiger partial charge in [-0.05, 0) is 25.1 Å². The van der Waals surface area contributed by atoms with Gasteiger partial charge in [-0.2, -0.15) is 18.3 Å². The number of amides is 1. The number of aromatic nitrogens is 1. The normalized spacial score (nSPS) is 25.1. The second kappa shape index (κ2) is 5.92. The van der Waals surface area contributed by atoms with Crippen LogP contribution in [0.25, 0.3) is 0 Å². The van der Waals surface area contributed by atoms with Crippen molar-refractivity contribution < 1.29 is 18.0 Å². The summed E-state index contributed by atoms with van der Waals surface area (Å²) < 4.78 is 38.1. The van der Waals surface area contributed by atoms with Crippen LogP contribution in [-0.2, 0) is 11.2 Å². The molecule has 0 saturated carbocycles. The summed E-state index contributed by atoms with van der Waals surface area (Å²) in [6.45, 7) is -0.167. The predicted molar refractivity (Wildman–Crippen MR) is 77.7 cm³/mol. The summed E-state index contributed by atoms with van der Waals surface area (Å²) >= 11 is 0. The molecule has 1 saturated heterocycles. The maximum atomic E-state index is 12.8. The van der Waals surface area contributed by atoms with Gasteiger partial charge < -0.3 is 5.32 Å². The van der Waals surface area contributed by atoms with Crippen molar-refractivity contribution in [1.82, 2.24) is 15.3 Å². The number of pyridine rings is 1. The largest absolute Gasteiger partial charge is 0.408 e. The lowest BCUT2D eigenvalue weighted by Crippen LogP contribution is -2.44. The van der Waals surface area contributed by atoms with E-state index < -0.39 is 24.0 Å². The molecule has 2 aliphatic heterocycles. The van der Waals surface area contributed by atoms with E-state index in [9.17, 15) is 18.0 Å². The molecule has 3 heterocycles. The highest BCUT2D eigenvalue weighted by Gasteiger charge is 2.52. The first-order valence-electron chi connectivity index (χ1n) is 7.48. The minimum Gasteiger partial charge on any atom is -0.316 e. The Kier molecular flexibility index (Phi) is 4.09. The molecule has 5 nitrogen and oxygen atoms in total. The highest BCUT2D eigenvalue weighted by Crippen LogP contribution is 2.39. The molecule has 0 spiro atoms. The Labute approximate surface area is 131 Å². The molecular weight excluding hydrogens is 309 g/mol. The van der Waals surface area contributed by atoms with E-state index in [1.807, 2.05) is 0 Å². The average Bonchev–Trinajstić information content (AvgIpc) is 2.64. The fraction of sp³-hybridized carbons (Fsp3) is 0.533. The molecule has 3 rings (SSSR count). The van der Waals surface area contributed by atoms with Crippen molar-refractivity contribution in [3.05, 3.63) is 30.1 Å². The number of alkyl halides is 3. The molecule has 1 aromatic rings. The van der Waals surface area contributed by atoms with Crippen molar-refractivity contribution >= 4 is 11.6 Å². The number of halogens is 3. The van der Waals surface area contributed by atoms with E-state index >= 15 is 0 Å². The third-order valence-electron chi connectivity index (χ3n) is 4.24. The van der Waals surface area contributed by atoms with Gasteiger partial charge in [0.15, 0.2) is 0 Å². The van der Waals surface area contributed by atoms with Crippen molar-refractivity contribution in [3.8, 4) is 0 Å². The molecule has 0 radical (unpaired) electrons. The number of hydrogen-bond acceptors (Lipinski definition) is 4. The zero-order chi connectivity index (χ0) is 16.5. The van der Waals surface area contributed by atoms with Crippen molar-refractivity contribution in [3.63, 3.8) is 0 Å². The lowest BCUT2D eigenvalue weighted by atomic mass is 9.75. The van der Waals surface area contributed by atoms with Gasteiger partial charge in [-0.3, -0.25) is 9.78 Å². The van der Waals surface area contributed by atoms with Crippen LogP contribution in [0.4, 0.5) is 13.2 Å². The molecule has 0 aliphatic carbocycles. The number of nitrogens with one attached hydrogen (secondary N) is 1. The maximum absolute atomic E-state index is 12.8. The number of hydrogen-bond donors (Lipinski definition) is 1. The van der Waals surface area contributed by atoms with E-state index in [0.29, 0.717) is 42.3 Å². The quantitative estimate of drug-likeness (QED) is 0.921. The summed E-state index contributed by atoms with van der Waals surface area (Å²) in [7, 11) is 0. The smallest absolute Gasteiger partial charge is 0.316 e. The standard InChI is InChI=1S/C15H17F3N4O/c16-15(17,18)10-22-13(23)14(9-11-3-1-2-6-20-11)5-8-19-7-4-12(14)21-22/h1-3,6,19H,4-5,7-10H2. The van der Waals surface area contributed by atoms with Gasteiger partial charge in [-0.15, -0.1) is 0 Å². The Bertz CT molecular complexity index is 617. The first-order valence-corrected chi connectivity index (χ1v) is 7.48. The Morgan fingerprint density at radius 2 is 2.13 bits per heavy atom. The molecule has 124 valence electrons. The van der Waals surface area contributed by atoms with Gasteiger partial charge in [0.2, 0.25) is 0 Å². The number of fused-ring (bicyclic) bond motifs is 1. The highest BCUT2D eigenvalue weighted by atomic mass is 19.4. The fourth-order valence-electron chi connectivity index (χ4n) is 3.19. The van der Waals surface area contributed by atoms with E-state index in [1.54, 1.807) is 24.4 Å². The van der Waals surface area contributed by atoms with Gasteiger partial charge in [-0.1, -0.05) is 6.07 Å². The molecule has 1 atom stereocenters. The van der Waals surface area contributed by atoms with Gasteiger partial charge in [0, 0.05) is 31.3 Å². The molecule has 1 amide bonds. The zero-order valence-corrected chi connectivity index (χ0v) is 12.4. The zero-order valence-electron chi connectivity index (χ0n) is 12.4. The number of carbonyl (C=O) groups is 1. The molecule has 1 unspecified atom stereocenters. The number of nitrogens with zero attached hydrogens (tertiary/aromatic N) is 3. The molecule has 1 fully saturated rings. The van der Waals surface area contributed by atoms with E-state index in [1.165, 1.54) is 0 Å². The Hall–Kier alpha value is -1.96. The van der Waals surface area contributed by atoms with Crippen LogP contribution in [-0.4, -0.2) is 47.4 Å². The van der Waals surface area contributed by atoms with E-state index in [4.69, 9.17) is 0 Å². The lowest BCUT2D eigenvalue weighted by Gasteiger charge is -2.27. The summed E-state index contributed by atoms with van der Waals surface area (Å²) in [6.07, 6.45) is -1.68. The molecule has 0 aromatic carbocycles. The summed E-state index contributed by atoms with van der Waals surface area (Å²) in [4.78, 5) is 17.0. The van der Waals surface area contributed by atoms with Crippen LogP contribution in [0, 0.1) is 5.41 Å². The second-order valence-electron chi connectivity index (χ2n) is 5.85. The van der Waals surface area contributed by atoms with Crippen molar-refractivity contribution in [2.24, 2.45) is 10.5 Å². The van der Waals surface area contributed by atoms with Crippen LogP contribution in [0.15, 0.2) is 29.5 Å². The van der Waals surface area contributed by atoms with Crippen LogP contribution < -0.4 is 5.32 Å². The molecule has 2 aliphatic rings. The van der Waals surface area contributed by atoms with Gasteiger partial charge in [0.1, 0.15) is 6.54 Å². The minimum absolute atomic E-state index is 0.279. The third-order valence-corrected chi connectivity index (χ3v) is 4.24. The molecule has 1 aromatic heterocycles. The van der Waals surface area contributed by atoms with E-state index in [-0.39, 0.29) is 6.42 Å². The number of hydrazone groups is 1. The minimum atomic E-state index is -4.46. The fourth-order valence-corrected chi connectivity index (χ4v) is 3.19. The Morgan fingerprint density at radius 3 is 2.83 bits per heavy atom. The Morgan fingerprint density at radius 1 is 1.30 bits per heavy atom. The van der Waals surface area contributed by atoms with Crippen molar-refractivity contribution in [1.29, 1.82) is 0 Å². The summed E-state index contributed by atoms with van der Waals surface area (Å²) in [5.74, 6) is -0.570. The summed E-state index contributed by atoms with van der Waals surface area (Å²) in [5.41, 5.74) is 0.204. The van der Waals surface area contributed by atoms with E-state index in [2.05, 4.69) is 15.4 Å². The van der Waals surface area contributed by atoms with Gasteiger partial charge in [0.25, 0.3) is 5.91 Å². The average molecular weight is 326 g/mol. The van der Waals surface area contributed by atoms with Gasteiger partial charge >= 0.3 is 6.18 Å². The maximum Gasteiger partial charge on any atom is 0.408 e. The van der Waals surface area contributed by atoms with Crippen molar-refractivity contribution in [2.45, 2.75) is 25.4 Å². The molecule has 1 N–H and O–H groups in total. The SMILES string of the molecule is O=C1N(CC(F)(F)F)N=C2CCNCCC12Cc1ccccn1. The van der Waals surface area contributed by atoms with Crippen LogP contribution in [0.1, 0.15) is 18.5 Å². The topological polar surface area (TPSA) is 57.6 Å². The van der Waals surface area contributed by atoms with Crippen LogP contribution >= 0.6 is 0 Å². The van der Waals surface area contributed by atoms with Crippen molar-refractivity contribution in [2.75, 3.05) is 19.6 Å². The first-order chi connectivity index (χ1) is 10.9. The monoisotopic (exact) mass is 326 g/mol. The Balaban J connectivity index is 1.93. The second-order valence-corrected chi connectivity index (χ2v) is 5.85. The molecular formula is C15H17F3N4O. The van der Waals surface area contributed by atoms with Crippen LogP contribution in [0.2, 0.25) is 0 Å². The van der Waals surface area contributed by atoms with E-state index in [0.717, 1.165) is 0 Å². The molecule has 23 heavy (non-hydrogen) atoms. The third kappa shape index (κ3) is 3.21. The first kappa shape index (κ1) is 15.9. The summed E-state index contributed by atoms with van der Waals surface area (Å²) in [5, 5.41) is 7.78. The highest BCUT2D eigenvalue weighted by molar-refractivity contribution is 6.12.